The summed E-state index contributed by atoms with van der Waals surface area (Å²) in [7, 11) is 1.30. The molecule has 0 saturated carbocycles. The Morgan fingerprint density at radius 1 is 0.812 bits per heavy atom. The standard InChI is InChI=1S/C24H19N3O5/c1-32-24(31)15-11-9-14(10-12-15)21-25-22(17-6-2-3-7-18(17)29)27-23(26-21)20-16(13-28)5-4-8-19(20)30/h2-12,28-30H,13H2,1H3. The van der Waals surface area contributed by atoms with E-state index in [1.54, 1.807) is 54.6 Å². The van der Waals surface area contributed by atoms with Gasteiger partial charge in [-0.1, -0.05) is 36.4 Å². The van der Waals surface area contributed by atoms with Crippen LogP contribution in [0.15, 0.2) is 66.7 Å². The third-order valence-electron chi connectivity index (χ3n) is 4.87. The average Bonchev–Trinajstić information content (AvgIpc) is 2.83. The highest BCUT2D eigenvalue weighted by atomic mass is 16.5. The topological polar surface area (TPSA) is 126 Å². The van der Waals surface area contributed by atoms with Crippen LogP contribution in [0.1, 0.15) is 15.9 Å². The van der Waals surface area contributed by atoms with Gasteiger partial charge in [0, 0.05) is 5.56 Å². The molecule has 3 aromatic carbocycles. The smallest absolute Gasteiger partial charge is 0.337 e. The number of aliphatic hydroxyl groups excluding tert-OH is 1. The third kappa shape index (κ3) is 3.99. The third-order valence-corrected chi connectivity index (χ3v) is 4.87. The molecule has 0 saturated heterocycles. The van der Waals surface area contributed by atoms with Crippen molar-refractivity contribution in [2.75, 3.05) is 7.11 Å². The number of phenols is 2. The Hall–Kier alpha value is -4.30. The Labute approximate surface area is 183 Å². The van der Waals surface area contributed by atoms with E-state index in [0.717, 1.165) is 0 Å². The van der Waals surface area contributed by atoms with E-state index in [9.17, 15) is 20.1 Å². The lowest BCUT2D eigenvalue weighted by molar-refractivity contribution is 0.0600. The lowest BCUT2D eigenvalue weighted by Crippen LogP contribution is -2.03. The number of methoxy groups -OCH3 is 1. The van der Waals surface area contributed by atoms with Crippen LogP contribution in [0.5, 0.6) is 11.5 Å². The van der Waals surface area contributed by atoms with Crippen LogP contribution in [-0.4, -0.2) is 43.4 Å². The molecular weight excluding hydrogens is 410 g/mol. The molecule has 8 heteroatoms. The van der Waals surface area contributed by atoms with Crippen molar-refractivity contribution in [3.8, 4) is 45.7 Å². The first-order valence-electron chi connectivity index (χ1n) is 9.67. The number of phenolic OH excluding ortho intramolecular Hbond substituents is 2. The minimum absolute atomic E-state index is 0.0173. The fourth-order valence-electron chi connectivity index (χ4n) is 3.25. The summed E-state index contributed by atoms with van der Waals surface area (Å²) in [6, 6.07) is 17.8. The van der Waals surface area contributed by atoms with E-state index < -0.39 is 5.97 Å². The maximum Gasteiger partial charge on any atom is 0.337 e. The molecule has 0 spiro atoms. The highest BCUT2D eigenvalue weighted by molar-refractivity contribution is 5.89. The summed E-state index contributed by atoms with van der Waals surface area (Å²) in [5.74, 6) is -0.00426. The van der Waals surface area contributed by atoms with E-state index in [0.29, 0.717) is 22.3 Å². The van der Waals surface area contributed by atoms with E-state index >= 15 is 0 Å². The number of rotatable bonds is 5. The van der Waals surface area contributed by atoms with Gasteiger partial charge < -0.3 is 20.1 Å². The van der Waals surface area contributed by atoms with Gasteiger partial charge in [-0.25, -0.2) is 19.7 Å². The Morgan fingerprint density at radius 2 is 1.47 bits per heavy atom. The maximum atomic E-state index is 11.7. The largest absolute Gasteiger partial charge is 0.507 e. The van der Waals surface area contributed by atoms with Crippen molar-refractivity contribution in [3.05, 3.63) is 77.9 Å². The Bertz CT molecular complexity index is 1290. The number of carbonyl (C=O) groups excluding carboxylic acids is 1. The van der Waals surface area contributed by atoms with Crippen LogP contribution in [0, 0.1) is 0 Å². The van der Waals surface area contributed by atoms with Gasteiger partial charge in [-0.3, -0.25) is 0 Å². The maximum absolute atomic E-state index is 11.7. The quantitative estimate of drug-likeness (QED) is 0.411. The Balaban J connectivity index is 1.93. The second-order valence-corrected chi connectivity index (χ2v) is 6.86. The number of benzene rings is 3. The summed E-state index contributed by atoms with van der Waals surface area (Å²) >= 11 is 0. The zero-order valence-corrected chi connectivity index (χ0v) is 17.1. The Morgan fingerprint density at radius 3 is 2.16 bits per heavy atom. The van der Waals surface area contributed by atoms with E-state index in [1.165, 1.54) is 19.2 Å². The molecule has 32 heavy (non-hydrogen) atoms. The second kappa shape index (κ2) is 8.83. The van der Waals surface area contributed by atoms with Gasteiger partial charge in [0.2, 0.25) is 0 Å². The number of ether oxygens (including phenoxy) is 1. The predicted octanol–water partition coefficient (Wildman–Crippen LogP) is 3.56. The first-order valence-corrected chi connectivity index (χ1v) is 9.67. The summed E-state index contributed by atoms with van der Waals surface area (Å²) in [5, 5.41) is 30.6. The molecule has 4 aromatic rings. The lowest BCUT2D eigenvalue weighted by Gasteiger charge is -2.12. The molecule has 4 rings (SSSR count). The summed E-state index contributed by atoms with van der Waals surface area (Å²) < 4.78 is 4.73. The van der Waals surface area contributed by atoms with Crippen LogP contribution in [0.4, 0.5) is 0 Å². The fourth-order valence-corrected chi connectivity index (χ4v) is 3.25. The highest BCUT2D eigenvalue weighted by Crippen LogP contribution is 2.34. The fraction of sp³-hybridized carbons (Fsp3) is 0.0833. The molecule has 0 bridgehead atoms. The molecule has 1 aromatic heterocycles. The van der Waals surface area contributed by atoms with Crippen LogP contribution in [-0.2, 0) is 11.3 Å². The van der Waals surface area contributed by atoms with Crippen LogP contribution in [0.2, 0.25) is 0 Å². The van der Waals surface area contributed by atoms with Gasteiger partial charge >= 0.3 is 5.97 Å². The van der Waals surface area contributed by atoms with Gasteiger partial charge in [0.25, 0.3) is 0 Å². The SMILES string of the molecule is COC(=O)c1ccc(-c2nc(-c3ccccc3O)nc(-c3c(O)cccc3CO)n2)cc1. The molecule has 0 aliphatic rings. The number of aromatic nitrogens is 3. The molecule has 0 radical (unpaired) electrons. The molecule has 1 heterocycles. The normalized spacial score (nSPS) is 10.7. The highest BCUT2D eigenvalue weighted by Gasteiger charge is 2.19. The summed E-state index contributed by atoms with van der Waals surface area (Å²) in [5.41, 5.74) is 2.03. The van der Waals surface area contributed by atoms with Crippen LogP contribution >= 0.6 is 0 Å². The van der Waals surface area contributed by atoms with Crippen LogP contribution < -0.4 is 0 Å². The molecule has 0 unspecified atom stereocenters. The first-order chi connectivity index (χ1) is 15.5. The van der Waals surface area contributed by atoms with E-state index in [1.807, 2.05) is 0 Å². The monoisotopic (exact) mass is 429 g/mol. The summed E-state index contributed by atoms with van der Waals surface area (Å²) in [6.07, 6.45) is 0. The van der Waals surface area contributed by atoms with Crippen LogP contribution in [0.25, 0.3) is 34.2 Å². The number of esters is 1. The van der Waals surface area contributed by atoms with Gasteiger partial charge in [-0.2, -0.15) is 0 Å². The first kappa shape index (κ1) is 21.0. The number of hydrogen-bond acceptors (Lipinski definition) is 8. The number of aliphatic hydroxyl groups is 1. The molecule has 160 valence electrons. The van der Waals surface area contributed by atoms with Crippen molar-refractivity contribution in [3.63, 3.8) is 0 Å². The van der Waals surface area contributed by atoms with Gasteiger partial charge in [-0.15, -0.1) is 0 Å². The molecule has 3 N–H and O–H groups in total. The number of carbonyl (C=O) groups is 1. The second-order valence-electron chi connectivity index (χ2n) is 6.86. The molecule has 0 atom stereocenters. The van der Waals surface area contributed by atoms with Crippen molar-refractivity contribution in [2.24, 2.45) is 0 Å². The average molecular weight is 429 g/mol. The van der Waals surface area contributed by atoms with Crippen molar-refractivity contribution in [2.45, 2.75) is 6.61 Å². The minimum Gasteiger partial charge on any atom is -0.507 e. The number of para-hydroxylation sites is 1. The number of hydrogen-bond donors (Lipinski definition) is 3. The van der Waals surface area contributed by atoms with Crippen molar-refractivity contribution < 1.29 is 24.9 Å². The number of aromatic hydroxyl groups is 2. The van der Waals surface area contributed by atoms with Crippen molar-refractivity contribution >= 4 is 5.97 Å². The van der Waals surface area contributed by atoms with Gasteiger partial charge in [0.1, 0.15) is 11.5 Å². The summed E-state index contributed by atoms with van der Waals surface area (Å²) in [4.78, 5) is 25.2. The minimum atomic E-state index is -0.468. The van der Waals surface area contributed by atoms with Gasteiger partial charge in [-0.05, 0) is 35.9 Å². The van der Waals surface area contributed by atoms with E-state index in [4.69, 9.17) is 4.74 Å². The zero-order valence-electron chi connectivity index (χ0n) is 17.1. The van der Waals surface area contributed by atoms with Gasteiger partial charge in [0.05, 0.1) is 30.4 Å². The van der Waals surface area contributed by atoms with E-state index in [-0.39, 0.29) is 41.1 Å². The molecule has 0 fully saturated rings. The molecule has 0 amide bonds. The van der Waals surface area contributed by atoms with Crippen molar-refractivity contribution in [1.82, 2.24) is 15.0 Å². The lowest BCUT2D eigenvalue weighted by atomic mass is 10.1. The molecule has 0 aliphatic heterocycles. The molecular formula is C24H19N3O5. The van der Waals surface area contributed by atoms with E-state index in [2.05, 4.69) is 15.0 Å². The van der Waals surface area contributed by atoms with Gasteiger partial charge in [0.15, 0.2) is 17.5 Å². The van der Waals surface area contributed by atoms with Crippen LogP contribution in [0.3, 0.4) is 0 Å². The predicted molar refractivity (Wildman–Crippen MR) is 117 cm³/mol. The molecule has 0 aliphatic carbocycles. The van der Waals surface area contributed by atoms with Crippen molar-refractivity contribution in [1.29, 1.82) is 0 Å². The molecule has 8 nitrogen and oxygen atoms in total. The summed E-state index contributed by atoms with van der Waals surface area (Å²) in [6.45, 7) is -0.329. The zero-order chi connectivity index (χ0) is 22.7. The Kier molecular flexibility index (Phi) is 5.78. The number of nitrogens with zero attached hydrogens (tertiary/aromatic N) is 3.